The van der Waals surface area contributed by atoms with Crippen LogP contribution in [0.4, 0.5) is 8.78 Å². The number of hydrogen-bond donors (Lipinski definition) is 0. The average Bonchev–Trinajstić information content (AvgIpc) is 2.60. The van der Waals surface area contributed by atoms with Crippen LogP contribution in [0.3, 0.4) is 0 Å². The molecule has 1 aliphatic heterocycles. The first-order chi connectivity index (χ1) is 5.16. The number of nitrogens with zero attached hydrogens (tertiary/aromatic N) is 1. The summed E-state index contributed by atoms with van der Waals surface area (Å²) in [5, 5.41) is 0. The zero-order valence-electron chi connectivity index (χ0n) is 6.52. The number of likely N-dealkylation sites (tertiary alicyclic amines) is 1. The maximum atomic E-state index is 12.3. The second-order valence-corrected chi connectivity index (χ2v) is 3.80. The van der Waals surface area contributed by atoms with Crippen molar-refractivity contribution in [2.24, 2.45) is 5.92 Å². The van der Waals surface area contributed by atoms with Crippen molar-refractivity contribution in [3.05, 3.63) is 0 Å². The van der Waals surface area contributed by atoms with Gasteiger partial charge in [0, 0.05) is 0 Å². The molecule has 0 N–H and O–H groups in total. The summed E-state index contributed by atoms with van der Waals surface area (Å²) < 4.78 is 24.6. The highest BCUT2D eigenvalue weighted by atomic mass is 19.3. The Morgan fingerprint density at radius 1 is 1.27 bits per heavy atom. The fourth-order valence-corrected chi connectivity index (χ4v) is 1.54. The van der Waals surface area contributed by atoms with E-state index in [-0.39, 0.29) is 13.1 Å². The Balaban J connectivity index is 1.59. The molecule has 2 rings (SSSR count). The molecule has 11 heavy (non-hydrogen) atoms. The van der Waals surface area contributed by atoms with Crippen LogP contribution < -0.4 is 0 Å². The Bertz CT molecular complexity index is 146. The third-order valence-electron chi connectivity index (χ3n) is 2.46. The van der Waals surface area contributed by atoms with Crippen molar-refractivity contribution in [1.82, 2.24) is 4.90 Å². The van der Waals surface area contributed by atoms with Gasteiger partial charge in [-0.2, -0.15) is 0 Å². The molecular weight excluding hydrogens is 148 g/mol. The maximum Gasteiger partial charge on any atom is 0.272 e. The van der Waals surface area contributed by atoms with Gasteiger partial charge < -0.3 is 0 Å². The van der Waals surface area contributed by atoms with Crippen LogP contribution in [0.1, 0.15) is 19.3 Å². The van der Waals surface area contributed by atoms with Crippen LogP contribution in [-0.2, 0) is 0 Å². The lowest BCUT2D eigenvalue weighted by Crippen LogP contribution is -2.56. The molecule has 64 valence electrons. The minimum Gasteiger partial charge on any atom is -0.291 e. The molecule has 2 fully saturated rings. The largest absolute Gasteiger partial charge is 0.291 e. The van der Waals surface area contributed by atoms with Crippen LogP contribution in [-0.4, -0.2) is 30.5 Å². The van der Waals surface area contributed by atoms with Crippen molar-refractivity contribution in [2.45, 2.75) is 25.2 Å². The van der Waals surface area contributed by atoms with Gasteiger partial charge in [0.05, 0.1) is 13.1 Å². The van der Waals surface area contributed by atoms with Crippen molar-refractivity contribution in [1.29, 1.82) is 0 Å². The van der Waals surface area contributed by atoms with E-state index in [9.17, 15) is 8.78 Å². The van der Waals surface area contributed by atoms with Crippen molar-refractivity contribution in [3.63, 3.8) is 0 Å². The summed E-state index contributed by atoms with van der Waals surface area (Å²) in [4.78, 5) is 1.85. The van der Waals surface area contributed by atoms with Crippen LogP contribution in [0.5, 0.6) is 0 Å². The van der Waals surface area contributed by atoms with Gasteiger partial charge in [0.15, 0.2) is 0 Å². The third kappa shape index (κ3) is 1.89. The molecule has 0 aromatic carbocycles. The molecule has 2 aliphatic rings. The van der Waals surface area contributed by atoms with E-state index in [1.807, 2.05) is 4.90 Å². The summed E-state index contributed by atoms with van der Waals surface area (Å²) in [6, 6.07) is 0. The Labute approximate surface area is 65.4 Å². The van der Waals surface area contributed by atoms with Gasteiger partial charge in [0.1, 0.15) is 0 Å². The van der Waals surface area contributed by atoms with Gasteiger partial charge in [0.25, 0.3) is 5.92 Å². The first-order valence-electron chi connectivity index (χ1n) is 4.26. The van der Waals surface area contributed by atoms with Crippen molar-refractivity contribution in [3.8, 4) is 0 Å². The maximum absolute atomic E-state index is 12.3. The van der Waals surface area contributed by atoms with Gasteiger partial charge in [-0.25, -0.2) is 8.78 Å². The molecule has 0 atom stereocenters. The van der Waals surface area contributed by atoms with Gasteiger partial charge in [-0.1, -0.05) is 12.8 Å². The summed E-state index contributed by atoms with van der Waals surface area (Å²) in [6.07, 6.45) is 3.78. The molecule has 1 saturated carbocycles. The minimum absolute atomic E-state index is 0.000278. The van der Waals surface area contributed by atoms with Crippen LogP contribution in [0, 0.1) is 5.92 Å². The first-order valence-corrected chi connectivity index (χ1v) is 4.26. The van der Waals surface area contributed by atoms with E-state index in [0.717, 1.165) is 18.9 Å². The molecule has 0 aromatic heterocycles. The van der Waals surface area contributed by atoms with Gasteiger partial charge in [0.2, 0.25) is 0 Å². The van der Waals surface area contributed by atoms with E-state index in [1.165, 1.54) is 12.8 Å². The first kappa shape index (κ1) is 7.47. The molecule has 1 saturated heterocycles. The second-order valence-electron chi connectivity index (χ2n) is 3.80. The molecule has 0 bridgehead atoms. The minimum atomic E-state index is -2.37. The van der Waals surface area contributed by atoms with Gasteiger partial charge in [-0.05, 0) is 18.9 Å². The topological polar surface area (TPSA) is 3.24 Å². The van der Waals surface area contributed by atoms with Gasteiger partial charge in [-0.3, -0.25) is 4.90 Å². The van der Waals surface area contributed by atoms with E-state index < -0.39 is 5.92 Å². The van der Waals surface area contributed by atoms with Gasteiger partial charge >= 0.3 is 0 Å². The SMILES string of the molecule is FC1(F)CN(CCC2CC2)C1. The Morgan fingerprint density at radius 2 is 1.91 bits per heavy atom. The normalized spacial score (nSPS) is 30.0. The lowest BCUT2D eigenvalue weighted by Gasteiger charge is -2.38. The highest BCUT2D eigenvalue weighted by molar-refractivity contribution is 4.87. The quantitative estimate of drug-likeness (QED) is 0.609. The molecule has 1 heterocycles. The third-order valence-corrected chi connectivity index (χ3v) is 2.46. The molecule has 1 nitrogen and oxygen atoms in total. The monoisotopic (exact) mass is 161 g/mol. The molecule has 0 amide bonds. The highest BCUT2D eigenvalue weighted by Gasteiger charge is 2.43. The number of hydrogen-bond acceptors (Lipinski definition) is 1. The fourth-order valence-electron chi connectivity index (χ4n) is 1.54. The van der Waals surface area contributed by atoms with E-state index >= 15 is 0 Å². The fraction of sp³-hybridized carbons (Fsp3) is 1.00. The standard InChI is InChI=1S/C8H13F2N/c9-8(10)5-11(6-8)4-3-7-1-2-7/h7H,1-6H2. The molecule has 0 aromatic rings. The predicted molar refractivity (Wildman–Crippen MR) is 38.7 cm³/mol. The zero-order valence-corrected chi connectivity index (χ0v) is 6.52. The van der Waals surface area contributed by atoms with Crippen LogP contribution in [0.15, 0.2) is 0 Å². The summed E-state index contributed by atoms with van der Waals surface area (Å²) >= 11 is 0. The Hall–Kier alpha value is -0.180. The van der Waals surface area contributed by atoms with Crippen LogP contribution >= 0.6 is 0 Å². The molecule has 3 heteroatoms. The molecule has 0 radical (unpaired) electrons. The van der Waals surface area contributed by atoms with E-state index in [0.29, 0.717) is 0 Å². The Morgan fingerprint density at radius 3 is 2.36 bits per heavy atom. The summed E-state index contributed by atoms with van der Waals surface area (Å²) in [7, 11) is 0. The van der Waals surface area contributed by atoms with Gasteiger partial charge in [-0.15, -0.1) is 0 Å². The summed E-state index contributed by atoms with van der Waals surface area (Å²) in [5.41, 5.74) is 0. The smallest absolute Gasteiger partial charge is 0.272 e. The average molecular weight is 161 g/mol. The highest BCUT2D eigenvalue weighted by Crippen LogP contribution is 2.34. The van der Waals surface area contributed by atoms with E-state index in [1.54, 1.807) is 0 Å². The van der Waals surface area contributed by atoms with E-state index in [4.69, 9.17) is 0 Å². The predicted octanol–water partition coefficient (Wildman–Crippen LogP) is 1.74. The molecule has 0 spiro atoms. The second kappa shape index (κ2) is 2.41. The van der Waals surface area contributed by atoms with E-state index in [2.05, 4.69) is 0 Å². The van der Waals surface area contributed by atoms with Crippen LogP contribution in [0.25, 0.3) is 0 Å². The summed E-state index contributed by atoms with van der Waals surface area (Å²) in [5.74, 6) is -1.51. The number of rotatable bonds is 3. The van der Waals surface area contributed by atoms with Crippen LogP contribution in [0.2, 0.25) is 0 Å². The number of halogens is 2. The molecule has 1 aliphatic carbocycles. The molecular formula is C8H13F2N. The Kier molecular flexibility index (Phi) is 1.63. The lowest BCUT2D eigenvalue weighted by atomic mass is 10.1. The summed E-state index contributed by atoms with van der Waals surface area (Å²) in [6.45, 7) is 0.889. The number of alkyl halides is 2. The molecule has 0 unspecified atom stereocenters. The van der Waals surface area contributed by atoms with Crippen molar-refractivity contribution in [2.75, 3.05) is 19.6 Å². The zero-order chi connectivity index (χ0) is 7.90. The van der Waals surface area contributed by atoms with Crippen molar-refractivity contribution >= 4 is 0 Å². The lowest BCUT2D eigenvalue weighted by molar-refractivity contribution is -0.130. The van der Waals surface area contributed by atoms with Crippen molar-refractivity contribution < 1.29 is 8.78 Å².